The van der Waals surface area contributed by atoms with Crippen LogP contribution >= 0.6 is 0 Å². The zero-order chi connectivity index (χ0) is 53.6. The summed E-state index contributed by atoms with van der Waals surface area (Å²) in [6.07, 6.45) is 77.7. The molecule has 1 atom stereocenters. The van der Waals surface area contributed by atoms with Gasteiger partial charge in [-0.05, 0) is 64.2 Å². The summed E-state index contributed by atoms with van der Waals surface area (Å²) in [4.78, 5) is 38.1. The molecule has 0 spiro atoms. The fraction of sp³-hybridized carbons (Fsp3) is 0.868. The van der Waals surface area contributed by atoms with Crippen LogP contribution in [0, 0.1) is 0 Å². The van der Waals surface area contributed by atoms with Gasteiger partial charge in [0.15, 0.2) is 6.10 Å². The van der Waals surface area contributed by atoms with Crippen LogP contribution in [-0.2, 0) is 28.6 Å². The maximum absolute atomic E-state index is 12.8. The third kappa shape index (κ3) is 60.5. The Balaban J connectivity index is 4.02. The van der Waals surface area contributed by atoms with Gasteiger partial charge in [-0.1, -0.05) is 314 Å². The Kier molecular flexibility index (Phi) is 61.1. The van der Waals surface area contributed by atoms with Crippen LogP contribution in [0.25, 0.3) is 0 Å². The van der Waals surface area contributed by atoms with Gasteiger partial charge in [0.1, 0.15) is 13.2 Å². The number of ether oxygens (including phenoxy) is 3. The van der Waals surface area contributed by atoms with Crippen molar-refractivity contribution in [3.05, 3.63) is 36.5 Å². The average molecular weight is 1040 g/mol. The van der Waals surface area contributed by atoms with Crippen molar-refractivity contribution in [1.82, 2.24) is 0 Å². The minimum atomic E-state index is -0.780. The maximum Gasteiger partial charge on any atom is 0.306 e. The molecular formula is C68H126O6. The zero-order valence-corrected chi connectivity index (χ0v) is 49.9. The first kappa shape index (κ1) is 71.6. The van der Waals surface area contributed by atoms with E-state index < -0.39 is 6.10 Å². The van der Waals surface area contributed by atoms with Crippen LogP contribution in [0.1, 0.15) is 361 Å². The molecule has 1 unspecified atom stereocenters. The molecule has 6 heteroatoms. The molecule has 0 saturated carbocycles. The van der Waals surface area contributed by atoms with E-state index in [0.29, 0.717) is 19.3 Å². The second-order valence-corrected chi connectivity index (χ2v) is 22.4. The highest BCUT2D eigenvalue weighted by Crippen LogP contribution is 2.18. The molecule has 0 amide bonds. The quantitative estimate of drug-likeness (QED) is 0.0261. The predicted octanol–water partition coefficient (Wildman–Crippen LogP) is 22.4. The molecular weight excluding hydrogens is 913 g/mol. The van der Waals surface area contributed by atoms with Gasteiger partial charge in [-0.3, -0.25) is 14.4 Å². The highest BCUT2D eigenvalue weighted by Gasteiger charge is 2.19. The lowest BCUT2D eigenvalue weighted by Crippen LogP contribution is -2.30. The summed E-state index contributed by atoms with van der Waals surface area (Å²) in [6.45, 7) is 6.57. The summed E-state index contributed by atoms with van der Waals surface area (Å²) >= 11 is 0. The van der Waals surface area contributed by atoms with Gasteiger partial charge in [0, 0.05) is 19.3 Å². The van der Waals surface area contributed by atoms with E-state index in [9.17, 15) is 14.4 Å². The highest BCUT2D eigenvalue weighted by atomic mass is 16.6. The lowest BCUT2D eigenvalue weighted by Gasteiger charge is -2.18. The molecule has 0 bridgehead atoms. The van der Waals surface area contributed by atoms with Crippen molar-refractivity contribution in [2.24, 2.45) is 0 Å². The van der Waals surface area contributed by atoms with Crippen molar-refractivity contribution < 1.29 is 28.6 Å². The molecule has 0 aromatic heterocycles. The fourth-order valence-electron chi connectivity index (χ4n) is 9.88. The summed E-state index contributed by atoms with van der Waals surface area (Å²) in [6, 6.07) is 0. The highest BCUT2D eigenvalue weighted by molar-refractivity contribution is 5.71. The molecule has 6 nitrogen and oxygen atoms in total. The molecule has 74 heavy (non-hydrogen) atoms. The Labute approximate surface area is 461 Å². The first-order valence-corrected chi connectivity index (χ1v) is 33.0. The smallest absolute Gasteiger partial charge is 0.306 e. The summed E-state index contributed by atoms with van der Waals surface area (Å²) in [5.41, 5.74) is 0. The molecule has 434 valence electrons. The van der Waals surface area contributed by atoms with Crippen LogP contribution in [0.5, 0.6) is 0 Å². The van der Waals surface area contributed by atoms with E-state index in [2.05, 4.69) is 57.2 Å². The van der Waals surface area contributed by atoms with Crippen molar-refractivity contribution in [1.29, 1.82) is 0 Å². The first-order valence-electron chi connectivity index (χ1n) is 33.0. The van der Waals surface area contributed by atoms with Gasteiger partial charge < -0.3 is 14.2 Å². The normalized spacial score (nSPS) is 12.2. The van der Waals surface area contributed by atoms with Crippen molar-refractivity contribution in [3.8, 4) is 0 Å². The summed E-state index contributed by atoms with van der Waals surface area (Å²) in [5, 5.41) is 0. The molecule has 0 rings (SSSR count). The molecule has 0 heterocycles. The van der Waals surface area contributed by atoms with E-state index in [1.165, 1.54) is 225 Å². The van der Waals surface area contributed by atoms with Gasteiger partial charge >= 0.3 is 17.9 Å². The zero-order valence-electron chi connectivity index (χ0n) is 49.9. The van der Waals surface area contributed by atoms with Crippen molar-refractivity contribution in [2.75, 3.05) is 13.2 Å². The van der Waals surface area contributed by atoms with Gasteiger partial charge in [-0.25, -0.2) is 0 Å². The van der Waals surface area contributed by atoms with E-state index in [1.54, 1.807) is 0 Å². The van der Waals surface area contributed by atoms with Crippen LogP contribution in [0.3, 0.4) is 0 Å². The largest absolute Gasteiger partial charge is 0.462 e. The number of carbonyl (C=O) groups is 3. The minimum absolute atomic E-state index is 0.0771. The number of unbranched alkanes of at least 4 members (excludes halogenated alkanes) is 44. The Hall–Kier alpha value is -2.37. The number of carbonyl (C=O) groups excluding carboxylic acids is 3. The number of rotatable bonds is 61. The Bertz CT molecular complexity index is 1240. The first-order chi connectivity index (χ1) is 36.5. The van der Waals surface area contributed by atoms with Crippen LogP contribution < -0.4 is 0 Å². The topological polar surface area (TPSA) is 78.9 Å². The molecule has 0 aromatic rings. The van der Waals surface area contributed by atoms with Crippen LogP contribution in [0.2, 0.25) is 0 Å². The Morgan fingerprint density at radius 2 is 0.527 bits per heavy atom. The van der Waals surface area contributed by atoms with Gasteiger partial charge in [-0.2, -0.15) is 0 Å². The second-order valence-electron chi connectivity index (χ2n) is 22.4. The van der Waals surface area contributed by atoms with Gasteiger partial charge in [-0.15, -0.1) is 0 Å². The second kappa shape index (κ2) is 63.2. The van der Waals surface area contributed by atoms with E-state index in [1.807, 2.05) is 0 Å². The van der Waals surface area contributed by atoms with Crippen LogP contribution in [-0.4, -0.2) is 37.2 Å². The molecule has 0 aromatic carbocycles. The standard InChI is InChI=1S/C68H126O6/c1-4-7-10-13-16-19-22-24-26-27-28-29-30-31-32-33-34-35-36-37-38-39-40-41-42-43-45-46-49-52-55-58-61-67(70)73-64-65(63-72-66(69)60-57-54-51-48-21-18-15-12-9-6-3)74-68(71)62-59-56-53-50-47-44-25-23-20-17-14-11-8-5-2/h12,14-15,17,23,25,65H,4-11,13,16,18-22,24,26-64H2,1-3H3/b15-12-,17-14-,25-23-. The van der Waals surface area contributed by atoms with E-state index in [-0.39, 0.29) is 31.1 Å². The molecule has 0 N–H and O–H groups in total. The van der Waals surface area contributed by atoms with Crippen LogP contribution in [0.15, 0.2) is 36.5 Å². The number of esters is 3. The van der Waals surface area contributed by atoms with Gasteiger partial charge in [0.25, 0.3) is 0 Å². The molecule has 0 aliphatic carbocycles. The number of hydrogen-bond acceptors (Lipinski definition) is 6. The monoisotopic (exact) mass is 1040 g/mol. The average Bonchev–Trinajstić information content (AvgIpc) is 3.40. The Morgan fingerprint density at radius 1 is 0.270 bits per heavy atom. The fourth-order valence-corrected chi connectivity index (χ4v) is 9.88. The molecule has 0 aliphatic rings. The lowest BCUT2D eigenvalue weighted by atomic mass is 10.0. The summed E-state index contributed by atoms with van der Waals surface area (Å²) < 4.78 is 16.9. The third-order valence-corrected chi connectivity index (χ3v) is 14.8. The molecule has 0 saturated heterocycles. The molecule has 0 radical (unpaired) electrons. The molecule has 0 aliphatic heterocycles. The van der Waals surface area contributed by atoms with Crippen LogP contribution in [0.4, 0.5) is 0 Å². The SMILES string of the molecule is CCC/C=C\CCCCCCCC(=O)OCC(COC(=O)CCCCCCCCCCCCCCCCCCCCCCCCCCCCCCCCCC)OC(=O)CCCCCCC/C=C\C/C=C\CCCC. The van der Waals surface area contributed by atoms with E-state index >= 15 is 0 Å². The maximum atomic E-state index is 12.8. The van der Waals surface area contributed by atoms with E-state index in [0.717, 1.165) is 96.3 Å². The van der Waals surface area contributed by atoms with Gasteiger partial charge in [0.05, 0.1) is 0 Å². The molecule has 0 fully saturated rings. The summed E-state index contributed by atoms with van der Waals surface area (Å²) in [7, 11) is 0. The van der Waals surface area contributed by atoms with Gasteiger partial charge in [0.2, 0.25) is 0 Å². The van der Waals surface area contributed by atoms with E-state index in [4.69, 9.17) is 14.2 Å². The predicted molar refractivity (Wildman–Crippen MR) is 321 cm³/mol. The third-order valence-electron chi connectivity index (χ3n) is 14.8. The number of allylic oxidation sites excluding steroid dienone is 6. The van der Waals surface area contributed by atoms with Crippen molar-refractivity contribution in [2.45, 2.75) is 367 Å². The number of hydrogen-bond donors (Lipinski definition) is 0. The summed E-state index contributed by atoms with van der Waals surface area (Å²) in [5.74, 6) is -0.885. The Morgan fingerprint density at radius 3 is 0.851 bits per heavy atom. The van der Waals surface area contributed by atoms with Crippen molar-refractivity contribution in [3.63, 3.8) is 0 Å². The lowest BCUT2D eigenvalue weighted by molar-refractivity contribution is -0.167. The van der Waals surface area contributed by atoms with Crippen molar-refractivity contribution >= 4 is 17.9 Å². The minimum Gasteiger partial charge on any atom is -0.462 e.